The summed E-state index contributed by atoms with van der Waals surface area (Å²) in [6.45, 7) is 1.22. The van der Waals surface area contributed by atoms with Gasteiger partial charge in [-0.2, -0.15) is 13.7 Å². The molecule has 0 unspecified atom stereocenters. The van der Waals surface area contributed by atoms with Crippen molar-refractivity contribution in [3.05, 3.63) is 57.6 Å². The highest BCUT2D eigenvalue weighted by Gasteiger charge is 2.23. The maximum atomic E-state index is 12.9. The standard InChI is InChI=1S/C17H13BrN2O5S/c1-10(21)20-16-12(6-7-19)8-14(26(23,24)25)9-15(16)17(22)11-2-4-13(18)5-3-11/h2-5,8-9H,6H2,1H3,(H,20,21)(H,23,24,25). The SMILES string of the molecule is CC(=O)Nc1c(CC#N)cc(S(=O)(=O)O)cc1C(=O)c1ccc(Br)cc1. The van der Waals surface area contributed by atoms with Crippen LogP contribution in [0.5, 0.6) is 0 Å². The van der Waals surface area contributed by atoms with Crippen LogP contribution in [-0.2, 0) is 21.3 Å². The van der Waals surface area contributed by atoms with E-state index in [0.29, 0.717) is 0 Å². The first kappa shape index (κ1) is 19.8. The average molecular weight is 437 g/mol. The Hall–Kier alpha value is -2.54. The smallest absolute Gasteiger partial charge is 0.294 e. The quantitative estimate of drug-likeness (QED) is 0.548. The number of hydrogen-bond donors (Lipinski definition) is 2. The van der Waals surface area contributed by atoms with E-state index in [0.717, 1.165) is 16.6 Å². The zero-order valence-corrected chi connectivity index (χ0v) is 15.9. The van der Waals surface area contributed by atoms with Gasteiger partial charge in [-0.25, -0.2) is 0 Å². The monoisotopic (exact) mass is 436 g/mol. The van der Waals surface area contributed by atoms with Crippen molar-refractivity contribution < 1.29 is 22.6 Å². The highest BCUT2D eigenvalue weighted by atomic mass is 79.9. The predicted octanol–water partition coefficient (Wildman–Crippen LogP) is 2.95. The van der Waals surface area contributed by atoms with Crippen molar-refractivity contribution in [1.29, 1.82) is 5.26 Å². The van der Waals surface area contributed by atoms with Gasteiger partial charge in [0.2, 0.25) is 5.91 Å². The van der Waals surface area contributed by atoms with E-state index in [4.69, 9.17) is 5.26 Å². The van der Waals surface area contributed by atoms with Crippen LogP contribution >= 0.6 is 15.9 Å². The Morgan fingerprint density at radius 1 is 1.23 bits per heavy atom. The molecule has 2 aromatic carbocycles. The van der Waals surface area contributed by atoms with Gasteiger partial charge in [-0.3, -0.25) is 14.1 Å². The number of rotatable bonds is 5. The Kier molecular flexibility index (Phi) is 5.92. The third-order valence-electron chi connectivity index (χ3n) is 3.41. The molecule has 0 aliphatic rings. The number of ketones is 1. The zero-order chi connectivity index (χ0) is 19.5. The highest BCUT2D eigenvalue weighted by molar-refractivity contribution is 9.10. The van der Waals surface area contributed by atoms with E-state index in [-0.39, 0.29) is 28.8 Å². The van der Waals surface area contributed by atoms with Crippen LogP contribution in [-0.4, -0.2) is 24.7 Å². The van der Waals surface area contributed by atoms with Crippen molar-refractivity contribution in [2.75, 3.05) is 5.32 Å². The molecule has 0 aliphatic heterocycles. The molecule has 0 aromatic heterocycles. The lowest BCUT2D eigenvalue weighted by molar-refractivity contribution is -0.114. The average Bonchev–Trinajstić information content (AvgIpc) is 2.55. The van der Waals surface area contributed by atoms with Crippen LogP contribution in [0.15, 0.2) is 45.8 Å². The minimum Gasteiger partial charge on any atom is -0.325 e. The van der Waals surface area contributed by atoms with Gasteiger partial charge in [0.15, 0.2) is 5.78 Å². The van der Waals surface area contributed by atoms with Crippen LogP contribution < -0.4 is 5.32 Å². The first-order chi connectivity index (χ1) is 12.1. The van der Waals surface area contributed by atoms with Crippen LogP contribution in [0.3, 0.4) is 0 Å². The van der Waals surface area contributed by atoms with E-state index in [1.807, 2.05) is 6.07 Å². The van der Waals surface area contributed by atoms with Crippen LogP contribution in [0.2, 0.25) is 0 Å². The number of carbonyl (C=O) groups excluding carboxylic acids is 2. The lowest BCUT2D eigenvalue weighted by atomic mass is 9.97. The third kappa shape index (κ3) is 4.54. The molecular formula is C17H13BrN2O5S. The summed E-state index contributed by atoms with van der Waals surface area (Å²) in [5, 5.41) is 11.5. The summed E-state index contributed by atoms with van der Waals surface area (Å²) in [5.74, 6) is -1.06. The maximum absolute atomic E-state index is 12.9. The van der Waals surface area contributed by atoms with Gasteiger partial charge in [-0.15, -0.1) is 0 Å². The molecule has 0 aliphatic carbocycles. The molecule has 2 aromatic rings. The minimum atomic E-state index is -4.62. The summed E-state index contributed by atoms with van der Waals surface area (Å²) in [7, 11) is -4.62. The summed E-state index contributed by atoms with van der Waals surface area (Å²) in [6.07, 6.45) is -0.264. The summed E-state index contributed by atoms with van der Waals surface area (Å²) in [6, 6.07) is 10.2. The van der Waals surface area contributed by atoms with Gasteiger partial charge in [0, 0.05) is 22.5 Å². The number of benzene rings is 2. The molecule has 0 fully saturated rings. The van der Waals surface area contributed by atoms with E-state index in [1.54, 1.807) is 12.1 Å². The second kappa shape index (κ2) is 7.78. The molecule has 0 atom stereocenters. The van der Waals surface area contributed by atoms with E-state index < -0.39 is 26.7 Å². The van der Waals surface area contributed by atoms with Crippen molar-refractivity contribution in [1.82, 2.24) is 0 Å². The molecule has 2 rings (SSSR count). The zero-order valence-electron chi connectivity index (χ0n) is 13.5. The fourth-order valence-electron chi connectivity index (χ4n) is 2.31. The van der Waals surface area contributed by atoms with Crippen LogP contribution in [0.25, 0.3) is 0 Å². The number of carbonyl (C=O) groups is 2. The van der Waals surface area contributed by atoms with Crippen LogP contribution in [0.1, 0.15) is 28.4 Å². The van der Waals surface area contributed by atoms with Crippen molar-refractivity contribution in [3.63, 3.8) is 0 Å². The number of nitrogens with one attached hydrogen (secondary N) is 1. The minimum absolute atomic E-state index is 0.0411. The number of nitrogens with zero attached hydrogens (tertiary/aromatic N) is 1. The first-order valence-corrected chi connectivity index (χ1v) is 9.46. The molecule has 9 heteroatoms. The molecule has 0 saturated heterocycles. The molecule has 0 saturated carbocycles. The molecule has 1 amide bonds. The topological polar surface area (TPSA) is 124 Å². The molecule has 134 valence electrons. The number of hydrogen-bond acceptors (Lipinski definition) is 5. The van der Waals surface area contributed by atoms with E-state index >= 15 is 0 Å². The van der Waals surface area contributed by atoms with Crippen LogP contribution in [0.4, 0.5) is 5.69 Å². The van der Waals surface area contributed by atoms with Gasteiger partial charge in [-0.05, 0) is 42.0 Å². The first-order valence-electron chi connectivity index (χ1n) is 7.22. The van der Waals surface area contributed by atoms with E-state index in [9.17, 15) is 22.6 Å². The molecule has 0 spiro atoms. The summed E-state index contributed by atoms with van der Waals surface area (Å²) in [4.78, 5) is 23.9. The molecule has 7 nitrogen and oxygen atoms in total. The molecule has 26 heavy (non-hydrogen) atoms. The largest absolute Gasteiger partial charge is 0.325 e. The predicted molar refractivity (Wildman–Crippen MR) is 97.5 cm³/mol. The van der Waals surface area contributed by atoms with Crippen molar-refractivity contribution in [3.8, 4) is 6.07 Å². The maximum Gasteiger partial charge on any atom is 0.294 e. The third-order valence-corrected chi connectivity index (χ3v) is 4.77. The lowest BCUT2D eigenvalue weighted by Crippen LogP contribution is -2.15. The van der Waals surface area contributed by atoms with Gasteiger partial charge in [0.1, 0.15) is 0 Å². The molecule has 0 bridgehead atoms. The molecular weight excluding hydrogens is 424 g/mol. The lowest BCUT2D eigenvalue weighted by Gasteiger charge is -2.15. The molecule has 2 N–H and O–H groups in total. The van der Waals surface area contributed by atoms with Gasteiger partial charge < -0.3 is 5.32 Å². The summed E-state index contributed by atoms with van der Waals surface area (Å²) < 4.78 is 33.2. The van der Waals surface area contributed by atoms with E-state index in [2.05, 4.69) is 21.2 Å². The second-order valence-corrected chi connectivity index (χ2v) is 7.67. The fraction of sp³-hybridized carbons (Fsp3) is 0.118. The Bertz CT molecular complexity index is 1020. The summed E-state index contributed by atoms with van der Waals surface area (Å²) in [5.41, 5.74) is 0.260. The highest BCUT2D eigenvalue weighted by Crippen LogP contribution is 2.29. The molecule has 0 heterocycles. The van der Waals surface area contributed by atoms with Gasteiger partial charge >= 0.3 is 0 Å². The molecule has 0 radical (unpaired) electrons. The Labute approximate surface area is 158 Å². The normalized spacial score (nSPS) is 10.8. The Morgan fingerprint density at radius 3 is 2.35 bits per heavy atom. The van der Waals surface area contributed by atoms with Gasteiger partial charge in [0.05, 0.1) is 23.1 Å². The van der Waals surface area contributed by atoms with Crippen molar-refractivity contribution >= 4 is 43.4 Å². The number of amides is 1. The van der Waals surface area contributed by atoms with Crippen LogP contribution in [0, 0.1) is 11.3 Å². The second-order valence-electron chi connectivity index (χ2n) is 5.33. The number of anilines is 1. The van der Waals surface area contributed by atoms with Gasteiger partial charge in [0.25, 0.3) is 10.1 Å². The Morgan fingerprint density at radius 2 is 1.85 bits per heavy atom. The number of halogens is 1. The summed E-state index contributed by atoms with van der Waals surface area (Å²) >= 11 is 3.25. The fourth-order valence-corrected chi connectivity index (χ4v) is 3.13. The van der Waals surface area contributed by atoms with Crippen molar-refractivity contribution in [2.24, 2.45) is 0 Å². The van der Waals surface area contributed by atoms with Crippen molar-refractivity contribution in [2.45, 2.75) is 18.2 Å². The van der Waals surface area contributed by atoms with E-state index in [1.165, 1.54) is 19.1 Å². The number of nitriles is 1. The Balaban J connectivity index is 2.76. The van der Waals surface area contributed by atoms with Gasteiger partial charge in [-0.1, -0.05) is 15.9 Å².